The normalized spacial score (nSPS) is 11.4. The van der Waals surface area contributed by atoms with Crippen LogP contribution in [-0.4, -0.2) is 6.21 Å². The van der Waals surface area contributed by atoms with Crippen LogP contribution in [0.4, 0.5) is 27.6 Å². The molecule has 7 heteroatoms. The van der Waals surface area contributed by atoms with Gasteiger partial charge in [-0.15, -0.1) is 12.6 Å². The molecule has 0 amide bonds. The standard InChI is InChI=1S/C14H8F5NS/c1-6-3-2-4-7(14(6)21)5-20-13-11(18)9(16)8(15)10(17)12(13)19/h2-5,21H,1H3. The number of halogens is 5. The Morgan fingerprint density at radius 3 is 2.00 bits per heavy atom. The molecule has 21 heavy (non-hydrogen) atoms. The van der Waals surface area contributed by atoms with Gasteiger partial charge < -0.3 is 0 Å². The van der Waals surface area contributed by atoms with Gasteiger partial charge in [0.1, 0.15) is 5.69 Å². The number of benzene rings is 2. The molecule has 1 nitrogen and oxygen atoms in total. The smallest absolute Gasteiger partial charge is 0.200 e. The van der Waals surface area contributed by atoms with Crippen molar-refractivity contribution in [3.63, 3.8) is 0 Å². The van der Waals surface area contributed by atoms with Crippen molar-refractivity contribution in [1.82, 2.24) is 0 Å². The number of aryl methyl sites for hydroxylation is 1. The fourth-order valence-corrected chi connectivity index (χ4v) is 1.83. The average molecular weight is 317 g/mol. The minimum atomic E-state index is -2.21. The van der Waals surface area contributed by atoms with Gasteiger partial charge in [-0.1, -0.05) is 18.2 Å². The number of rotatable bonds is 2. The van der Waals surface area contributed by atoms with Gasteiger partial charge in [0.2, 0.25) is 5.82 Å². The summed E-state index contributed by atoms with van der Waals surface area (Å²) in [5, 5.41) is 0. The predicted molar refractivity (Wildman–Crippen MR) is 71.9 cm³/mol. The summed E-state index contributed by atoms with van der Waals surface area (Å²) >= 11 is 4.18. The summed E-state index contributed by atoms with van der Waals surface area (Å²) in [6.07, 6.45) is 0.994. The molecule has 0 bridgehead atoms. The van der Waals surface area contributed by atoms with Gasteiger partial charge >= 0.3 is 0 Å². The molecule has 0 heterocycles. The lowest BCUT2D eigenvalue weighted by Gasteiger charge is -2.05. The first-order valence-corrected chi connectivity index (χ1v) is 6.13. The van der Waals surface area contributed by atoms with Crippen molar-refractivity contribution in [2.45, 2.75) is 11.8 Å². The van der Waals surface area contributed by atoms with Crippen molar-refractivity contribution < 1.29 is 22.0 Å². The molecule has 0 radical (unpaired) electrons. The van der Waals surface area contributed by atoms with Crippen molar-refractivity contribution in [1.29, 1.82) is 0 Å². The van der Waals surface area contributed by atoms with Gasteiger partial charge in [0.05, 0.1) is 0 Å². The van der Waals surface area contributed by atoms with Crippen LogP contribution in [0, 0.1) is 36.0 Å². The van der Waals surface area contributed by atoms with Crippen molar-refractivity contribution in [3.05, 3.63) is 58.4 Å². The van der Waals surface area contributed by atoms with Crippen LogP contribution < -0.4 is 0 Å². The highest BCUT2D eigenvalue weighted by molar-refractivity contribution is 7.80. The molecule has 0 aliphatic carbocycles. The van der Waals surface area contributed by atoms with Gasteiger partial charge in [0.25, 0.3) is 0 Å². The Kier molecular flexibility index (Phi) is 4.32. The zero-order chi connectivity index (χ0) is 15.7. The van der Waals surface area contributed by atoms with Crippen molar-refractivity contribution >= 4 is 24.5 Å². The second-order valence-corrected chi connectivity index (χ2v) is 4.64. The maximum absolute atomic E-state index is 13.4. The number of hydrogen-bond donors (Lipinski definition) is 1. The van der Waals surface area contributed by atoms with E-state index < -0.39 is 34.8 Å². The van der Waals surface area contributed by atoms with E-state index in [9.17, 15) is 22.0 Å². The van der Waals surface area contributed by atoms with Crippen LogP contribution >= 0.6 is 12.6 Å². The molecule has 0 aromatic heterocycles. The number of aliphatic imine (C=N–C) groups is 1. The molecule has 0 aliphatic rings. The second kappa shape index (κ2) is 5.85. The summed E-state index contributed by atoms with van der Waals surface area (Å²) < 4.78 is 65.8. The summed E-state index contributed by atoms with van der Waals surface area (Å²) in [7, 11) is 0. The molecule has 0 atom stereocenters. The minimum Gasteiger partial charge on any atom is -0.250 e. The molecule has 0 N–H and O–H groups in total. The van der Waals surface area contributed by atoms with E-state index in [4.69, 9.17) is 0 Å². The molecule has 110 valence electrons. The van der Waals surface area contributed by atoms with Crippen LogP contribution in [0.1, 0.15) is 11.1 Å². The summed E-state index contributed by atoms with van der Waals surface area (Å²) in [6, 6.07) is 4.94. The zero-order valence-corrected chi connectivity index (χ0v) is 11.5. The monoisotopic (exact) mass is 317 g/mol. The molecule has 0 saturated carbocycles. The van der Waals surface area contributed by atoms with Crippen molar-refractivity contribution in [2.75, 3.05) is 0 Å². The van der Waals surface area contributed by atoms with Crippen LogP contribution in [-0.2, 0) is 0 Å². The zero-order valence-electron chi connectivity index (χ0n) is 10.6. The van der Waals surface area contributed by atoms with E-state index in [1.54, 1.807) is 25.1 Å². The van der Waals surface area contributed by atoms with Crippen LogP contribution in [0.5, 0.6) is 0 Å². The third-order valence-electron chi connectivity index (χ3n) is 2.79. The average Bonchev–Trinajstić information content (AvgIpc) is 2.47. The lowest BCUT2D eigenvalue weighted by atomic mass is 10.1. The highest BCUT2D eigenvalue weighted by Gasteiger charge is 2.25. The first-order valence-electron chi connectivity index (χ1n) is 5.68. The van der Waals surface area contributed by atoms with Gasteiger partial charge in [-0.3, -0.25) is 0 Å². The van der Waals surface area contributed by atoms with E-state index in [1.165, 1.54) is 0 Å². The minimum absolute atomic E-state index is 0.391. The summed E-state index contributed by atoms with van der Waals surface area (Å²) in [5.41, 5.74) is -0.0670. The Hall–Kier alpha value is -1.89. The molecule has 2 aromatic carbocycles. The van der Waals surface area contributed by atoms with E-state index in [1.807, 2.05) is 0 Å². The summed E-state index contributed by atoms with van der Waals surface area (Å²) in [4.78, 5) is 3.86. The number of nitrogens with zero attached hydrogens (tertiary/aromatic N) is 1. The quantitative estimate of drug-likeness (QED) is 0.270. The molecule has 2 aromatic rings. The maximum Gasteiger partial charge on any atom is 0.200 e. The Bertz CT molecular complexity index is 714. The van der Waals surface area contributed by atoms with Crippen LogP contribution in [0.25, 0.3) is 0 Å². The Labute approximate surface area is 122 Å². The van der Waals surface area contributed by atoms with Gasteiger partial charge in [0, 0.05) is 16.7 Å². The van der Waals surface area contributed by atoms with E-state index >= 15 is 0 Å². The topological polar surface area (TPSA) is 12.4 Å². The van der Waals surface area contributed by atoms with E-state index in [2.05, 4.69) is 17.6 Å². The van der Waals surface area contributed by atoms with E-state index in [-0.39, 0.29) is 0 Å². The Balaban J connectivity index is 2.54. The summed E-state index contributed by atoms with van der Waals surface area (Å²) in [6.45, 7) is 1.75. The number of thiol groups is 1. The highest BCUT2D eigenvalue weighted by Crippen LogP contribution is 2.29. The van der Waals surface area contributed by atoms with Crippen molar-refractivity contribution in [3.8, 4) is 0 Å². The van der Waals surface area contributed by atoms with Crippen molar-refractivity contribution in [2.24, 2.45) is 4.99 Å². The fourth-order valence-electron chi connectivity index (χ4n) is 1.63. The predicted octanol–water partition coefficient (Wildman–Crippen LogP) is 4.73. The van der Waals surface area contributed by atoms with Crippen LogP contribution in [0.15, 0.2) is 28.1 Å². The molecule has 0 aliphatic heterocycles. The van der Waals surface area contributed by atoms with Gasteiger partial charge in [0.15, 0.2) is 23.3 Å². The van der Waals surface area contributed by atoms with Crippen LogP contribution in [0.2, 0.25) is 0 Å². The molecule has 0 saturated heterocycles. The third-order valence-corrected chi connectivity index (χ3v) is 3.40. The third kappa shape index (κ3) is 2.78. The fraction of sp³-hybridized carbons (Fsp3) is 0.0714. The first-order chi connectivity index (χ1) is 9.84. The highest BCUT2D eigenvalue weighted by atomic mass is 32.1. The first kappa shape index (κ1) is 15.5. The molecule has 2 rings (SSSR count). The Morgan fingerprint density at radius 2 is 1.43 bits per heavy atom. The molecule has 0 unspecified atom stereocenters. The number of hydrogen-bond acceptors (Lipinski definition) is 2. The molecule has 0 fully saturated rings. The molecule has 0 spiro atoms. The largest absolute Gasteiger partial charge is 0.250 e. The molecular formula is C14H8F5NS. The van der Waals surface area contributed by atoms with Gasteiger partial charge in [-0.25, -0.2) is 26.9 Å². The maximum atomic E-state index is 13.4. The molecular weight excluding hydrogens is 309 g/mol. The van der Waals surface area contributed by atoms with E-state index in [0.29, 0.717) is 10.5 Å². The lowest BCUT2D eigenvalue weighted by molar-refractivity contribution is 0.381. The SMILES string of the molecule is Cc1cccc(C=Nc2c(F)c(F)c(F)c(F)c2F)c1S. The van der Waals surface area contributed by atoms with Gasteiger partial charge in [-0.2, -0.15) is 0 Å². The van der Waals surface area contributed by atoms with Crippen LogP contribution in [0.3, 0.4) is 0 Å². The van der Waals surface area contributed by atoms with E-state index in [0.717, 1.165) is 11.8 Å². The second-order valence-electron chi connectivity index (χ2n) is 4.19. The summed E-state index contributed by atoms with van der Waals surface area (Å²) in [5.74, 6) is -10.2. The Morgan fingerprint density at radius 1 is 0.905 bits per heavy atom. The van der Waals surface area contributed by atoms with Gasteiger partial charge in [-0.05, 0) is 12.5 Å². The lowest BCUT2D eigenvalue weighted by Crippen LogP contribution is -2.01.